The number of amides is 2. The number of ether oxygens (including phenoxy) is 2. The number of carbonyl (C=O) groups is 2. The number of hydrogen-bond donors (Lipinski definition) is 3. The molecule has 8 nitrogen and oxygen atoms in total. The van der Waals surface area contributed by atoms with Crippen molar-refractivity contribution in [3.8, 4) is 0 Å². The SMILES string of the molecule is CC(C)(C)OC(=O)NCCCCC(NC(=O)OCc1ccccc1)[P+](=O)O. The van der Waals surface area contributed by atoms with Crippen LogP contribution in [-0.2, 0) is 20.6 Å². The third-order valence-electron chi connectivity index (χ3n) is 3.34. The van der Waals surface area contributed by atoms with Crippen molar-refractivity contribution in [3.63, 3.8) is 0 Å². The van der Waals surface area contributed by atoms with E-state index in [4.69, 9.17) is 9.47 Å². The van der Waals surface area contributed by atoms with Gasteiger partial charge in [0.05, 0.1) is 0 Å². The van der Waals surface area contributed by atoms with Crippen LogP contribution in [0.2, 0.25) is 0 Å². The fourth-order valence-electron chi connectivity index (χ4n) is 2.11. The van der Waals surface area contributed by atoms with Crippen molar-refractivity contribution in [2.45, 2.75) is 58.0 Å². The minimum Gasteiger partial charge on any atom is -0.445 e. The molecule has 1 aromatic carbocycles. The summed E-state index contributed by atoms with van der Waals surface area (Å²) < 4.78 is 21.6. The largest absolute Gasteiger partial charge is 0.530 e. The predicted octanol–water partition coefficient (Wildman–Crippen LogP) is 3.67. The fraction of sp³-hybridized carbons (Fsp3) is 0.556. The highest BCUT2D eigenvalue weighted by atomic mass is 31.1. The van der Waals surface area contributed by atoms with Crippen LogP contribution in [0, 0.1) is 0 Å². The average Bonchev–Trinajstić information content (AvgIpc) is 2.57. The zero-order valence-electron chi connectivity index (χ0n) is 15.9. The Labute approximate surface area is 160 Å². The Morgan fingerprint density at radius 3 is 2.41 bits per heavy atom. The first-order chi connectivity index (χ1) is 12.7. The smallest absolute Gasteiger partial charge is 0.445 e. The molecule has 3 N–H and O–H groups in total. The van der Waals surface area contributed by atoms with Crippen molar-refractivity contribution in [3.05, 3.63) is 35.9 Å². The number of unbranched alkanes of at least 4 members (excludes halogenated alkanes) is 1. The van der Waals surface area contributed by atoms with Crippen LogP contribution in [0.4, 0.5) is 9.59 Å². The molecule has 9 heteroatoms. The van der Waals surface area contributed by atoms with Crippen molar-refractivity contribution in [1.29, 1.82) is 0 Å². The van der Waals surface area contributed by atoms with E-state index < -0.39 is 31.6 Å². The lowest BCUT2D eigenvalue weighted by Crippen LogP contribution is -2.34. The summed E-state index contributed by atoms with van der Waals surface area (Å²) >= 11 is 0. The van der Waals surface area contributed by atoms with Gasteiger partial charge in [0.25, 0.3) is 5.78 Å². The first-order valence-corrected chi connectivity index (χ1v) is 10.0. The standard InChI is InChI=1S/C18H27N2O6P/c1-18(2,3)26-16(21)19-12-8-7-11-15(27(23)24)20-17(22)25-13-14-9-5-4-6-10-14/h4-6,9-10,15H,7-8,11-13H2,1-3H3,(H2-,19,20,21,22,23,24)/p+1. The zero-order chi connectivity index (χ0) is 20.3. The zero-order valence-corrected chi connectivity index (χ0v) is 16.8. The van der Waals surface area contributed by atoms with Crippen LogP contribution in [-0.4, -0.2) is 35.0 Å². The van der Waals surface area contributed by atoms with Crippen molar-refractivity contribution < 1.29 is 28.5 Å². The molecule has 0 fully saturated rings. The summed E-state index contributed by atoms with van der Waals surface area (Å²) in [4.78, 5) is 32.7. The second-order valence-electron chi connectivity index (χ2n) is 6.95. The van der Waals surface area contributed by atoms with E-state index in [9.17, 15) is 19.0 Å². The van der Waals surface area contributed by atoms with E-state index in [2.05, 4.69) is 10.6 Å². The lowest BCUT2D eigenvalue weighted by Gasteiger charge is -2.19. The van der Waals surface area contributed by atoms with Gasteiger partial charge in [-0.05, 0) is 43.7 Å². The first-order valence-electron chi connectivity index (χ1n) is 8.76. The highest BCUT2D eigenvalue weighted by Crippen LogP contribution is 2.24. The van der Waals surface area contributed by atoms with Gasteiger partial charge in [0.15, 0.2) is 0 Å². The summed E-state index contributed by atoms with van der Waals surface area (Å²) in [5, 5.41) is 5.02. The fourth-order valence-corrected chi connectivity index (χ4v) is 2.73. The van der Waals surface area contributed by atoms with Gasteiger partial charge < -0.3 is 14.8 Å². The molecule has 0 saturated heterocycles. The van der Waals surface area contributed by atoms with Gasteiger partial charge in [-0.2, -0.15) is 4.89 Å². The monoisotopic (exact) mass is 399 g/mol. The van der Waals surface area contributed by atoms with E-state index in [0.29, 0.717) is 25.8 Å². The maximum absolute atomic E-state index is 11.8. The van der Waals surface area contributed by atoms with Gasteiger partial charge in [0.1, 0.15) is 12.2 Å². The summed E-state index contributed by atoms with van der Waals surface area (Å²) in [5.74, 6) is -0.898. The second-order valence-corrected chi connectivity index (χ2v) is 8.18. The molecule has 0 aliphatic carbocycles. The predicted molar refractivity (Wildman–Crippen MR) is 101 cm³/mol. The lowest BCUT2D eigenvalue weighted by molar-refractivity contribution is 0.0527. The van der Waals surface area contributed by atoms with Gasteiger partial charge in [-0.1, -0.05) is 30.3 Å². The van der Waals surface area contributed by atoms with Crippen LogP contribution in [0.15, 0.2) is 30.3 Å². The molecule has 1 rings (SSSR count). The third-order valence-corrected chi connectivity index (χ3v) is 4.26. The average molecular weight is 399 g/mol. The van der Waals surface area contributed by atoms with Crippen LogP contribution < -0.4 is 10.6 Å². The van der Waals surface area contributed by atoms with Gasteiger partial charge in [0.2, 0.25) is 0 Å². The molecule has 2 atom stereocenters. The van der Waals surface area contributed by atoms with Gasteiger partial charge >= 0.3 is 20.2 Å². The van der Waals surface area contributed by atoms with Gasteiger partial charge in [-0.3, -0.25) is 5.32 Å². The Kier molecular flexibility index (Phi) is 9.75. The molecule has 0 aliphatic rings. The van der Waals surface area contributed by atoms with Crippen LogP contribution in [0.5, 0.6) is 0 Å². The van der Waals surface area contributed by atoms with Gasteiger partial charge in [-0.25, -0.2) is 9.59 Å². The summed E-state index contributed by atoms with van der Waals surface area (Å²) in [5.41, 5.74) is 0.264. The number of rotatable bonds is 9. The molecule has 0 aliphatic heterocycles. The van der Waals surface area contributed by atoms with E-state index in [0.717, 1.165) is 5.56 Å². The van der Waals surface area contributed by atoms with Gasteiger partial charge in [-0.15, -0.1) is 0 Å². The lowest BCUT2D eigenvalue weighted by atomic mass is 10.2. The van der Waals surface area contributed by atoms with E-state index in [1.165, 1.54) is 0 Å². The Balaban J connectivity index is 2.26. The molecule has 0 heterocycles. The van der Waals surface area contributed by atoms with Crippen molar-refractivity contribution >= 4 is 20.2 Å². The summed E-state index contributed by atoms with van der Waals surface area (Å²) in [6, 6.07) is 9.14. The molecule has 0 spiro atoms. The summed E-state index contributed by atoms with van der Waals surface area (Å²) in [6.45, 7) is 5.79. The highest BCUT2D eigenvalue weighted by Gasteiger charge is 2.30. The highest BCUT2D eigenvalue weighted by molar-refractivity contribution is 7.38. The van der Waals surface area contributed by atoms with E-state index in [-0.39, 0.29) is 6.61 Å². The number of alkyl carbamates (subject to hydrolysis) is 2. The Hall–Kier alpha value is -2.18. The topological polar surface area (TPSA) is 114 Å². The molecular formula is C18H28N2O6P+. The molecule has 0 saturated carbocycles. The van der Waals surface area contributed by atoms with Crippen molar-refractivity contribution in [2.75, 3.05) is 6.54 Å². The number of nitrogens with one attached hydrogen (secondary N) is 2. The van der Waals surface area contributed by atoms with Crippen LogP contribution in [0.25, 0.3) is 0 Å². The molecule has 0 aromatic heterocycles. The molecule has 2 amide bonds. The van der Waals surface area contributed by atoms with Gasteiger partial charge in [0, 0.05) is 13.0 Å². The maximum Gasteiger partial charge on any atom is 0.530 e. The molecular weight excluding hydrogens is 371 g/mol. The van der Waals surface area contributed by atoms with E-state index in [1.54, 1.807) is 20.8 Å². The Morgan fingerprint density at radius 1 is 1.15 bits per heavy atom. The van der Waals surface area contributed by atoms with E-state index >= 15 is 0 Å². The number of carbonyl (C=O) groups excluding carboxylic acids is 2. The second kappa shape index (κ2) is 11.5. The summed E-state index contributed by atoms with van der Waals surface area (Å²) in [7, 11) is -2.59. The van der Waals surface area contributed by atoms with E-state index in [1.807, 2.05) is 30.3 Å². The van der Waals surface area contributed by atoms with Crippen molar-refractivity contribution in [2.24, 2.45) is 0 Å². The maximum atomic E-state index is 11.8. The minimum atomic E-state index is -2.59. The van der Waals surface area contributed by atoms with Crippen LogP contribution in [0.3, 0.4) is 0 Å². The number of hydrogen-bond acceptors (Lipinski definition) is 5. The minimum absolute atomic E-state index is 0.0847. The Bertz CT molecular complexity index is 618. The molecule has 0 bridgehead atoms. The van der Waals surface area contributed by atoms with Crippen molar-refractivity contribution in [1.82, 2.24) is 10.6 Å². The van der Waals surface area contributed by atoms with Crippen LogP contribution >= 0.6 is 8.03 Å². The molecule has 150 valence electrons. The first kappa shape index (κ1) is 22.9. The third kappa shape index (κ3) is 11.2. The normalized spacial score (nSPS) is 12.7. The Morgan fingerprint density at radius 2 is 1.81 bits per heavy atom. The number of benzene rings is 1. The van der Waals surface area contributed by atoms with Crippen LogP contribution in [0.1, 0.15) is 45.6 Å². The molecule has 2 unspecified atom stereocenters. The summed E-state index contributed by atoms with van der Waals surface area (Å²) in [6.07, 6.45) is 0.172. The molecule has 1 aromatic rings. The molecule has 0 radical (unpaired) electrons. The quantitative estimate of drug-likeness (QED) is 0.431. The molecule has 27 heavy (non-hydrogen) atoms.